The Hall–Kier alpha value is -1.75. The minimum absolute atomic E-state index is 0.0257. The zero-order valence-corrected chi connectivity index (χ0v) is 9.68. The number of anilines is 1. The van der Waals surface area contributed by atoms with Crippen molar-refractivity contribution in [3.8, 4) is 11.5 Å². The summed E-state index contributed by atoms with van der Waals surface area (Å²) in [6.45, 7) is 2.80. The Labute approximate surface area is 99.6 Å². The molecule has 1 aromatic rings. The van der Waals surface area contributed by atoms with Crippen LogP contribution in [-0.2, 0) is 4.74 Å². The molecule has 5 nitrogen and oxygen atoms in total. The Balaban J connectivity index is 2.37. The van der Waals surface area contributed by atoms with Gasteiger partial charge in [0.15, 0.2) is 6.29 Å². The third-order valence-corrected chi connectivity index (χ3v) is 2.81. The quantitative estimate of drug-likeness (QED) is 0.796. The number of morpholine rings is 1. The van der Waals surface area contributed by atoms with E-state index in [1.165, 1.54) is 0 Å². The summed E-state index contributed by atoms with van der Waals surface area (Å²) in [5.74, 6) is 0.564. The number of carbonyl (C=O) groups excluding carboxylic acids is 1. The molecule has 1 saturated heterocycles. The molecule has 1 aliphatic rings. The van der Waals surface area contributed by atoms with Crippen LogP contribution in [0, 0.1) is 0 Å². The van der Waals surface area contributed by atoms with Gasteiger partial charge in [-0.05, 0) is 6.07 Å². The third-order valence-electron chi connectivity index (χ3n) is 2.81. The largest absolute Gasteiger partial charge is 0.507 e. The molecule has 0 saturated carbocycles. The Kier molecular flexibility index (Phi) is 3.49. The maximum Gasteiger partial charge on any atom is 0.153 e. The van der Waals surface area contributed by atoms with Gasteiger partial charge in [-0.1, -0.05) is 0 Å². The summed E-state index contributed by atoms with van der Waals surface area (Å²) >= 11 is 0. The molecule has 0 amide bonds. The molecule has 1 aromatic carbocycles. The predicted molar refractivity (Wildman–Crippen MR) is 63.1 cm³/mol. The van der Waals surface area contributed by atoms with Gasteiger partial charge < -0.3 is 19.5 Å². The summed E-state index contributed by atoms with van der Waals surface area (Å²) in [6.07, 6.45) is 0.612. The van der Waals surface area contributed by atoms with Crippen LogP contribution in [0.2, 0.25) is 0 Å². The molecule has 0 atom stereocenters. The topological polar surface area (TPSA) is 59.0 Å². The minimum atomic E-state index is -0.0257. The highest BCUT2D eigenvalue weighted by molar-refractivity contribution is 5.83. The highest BCUT2D eigenvalue weighted by Crippen LogP contribution is 2.34. The molecule has 2 rings (SSSR count). The van der Waals surface area contributed by atoms with Gasteiger partial charge >= 0.3 is 0 Å². The first-order valence-electron chi connectivity index (χ1n) is 5.45. The smallest absolute Gasteiger partial charge is 0.153 e. The Bertz CT molecular complexity index is 413. The predicted octanol–water partition coefficient (Wildman–Crippen LogP) is 1.05. The van der Waals surface area contributed by atoms with Gasteiger partial charge in [-0.25, -0.2) is 0 Å². The summed E-state index contributed by atoms with van der Waals surface area (Å²) in [7, 11) is 1.55. The lowest BCUT2D eigenvalue weighted by Gasteiger charge is -2.30. The molecule has 0 bridgehead atoms. The van der Waals surface area contributed by atoms with Gasteiger partial charge in [-0.15, -0.1) is 0 Å². The lowest BCUT2D eigenvalue weighted by Crippen LogP contribution is -2.36. The van der Waals surface area contributed by atoms with Crippen LogP contribution >= 0.6 is 0 Å². The standard InChI is InChI=1S/C12H15NO4/c1-16-12-6-9(8-14)11(15)7-10(12)13-2-4-17-5-3-13/h6-8,15H,2-5H2,1H3. The summed E-state index contributed by atoms with van der Waals surface area (Å²) in [6, 6.07) is 3.11. The van der Waals surface area contributed by atoms with Gasteiger partial charge in [0, 0.05) is 19.2 Å². The van der Waals surface area contributed by atoms with Gasteiger partial charge in [0.1, 0.15) is 11.5 Å². The normalized spacial score (nSPS) is 15.7. The summed E-state index contributed by atoms with van der Waals surface area (Å²) in [4.78, 5) is 12.8. The van der Waals surface area contributed by atoms with Crippen molar-refractivity contribution in [2.45, 2.75) is 0 Å². The number of hydrogen-bond acceptors (Lipinski definition) is 5. The lowest BCUT2D eigenvalue weighted by molar-refractivity contribution is 0.112. The number of phenols is 1. The van der Waals surface area contributed by atoms with Crippen molar-refractivity contribution in [1.82, 2.24) is 0 Å². The van der Waals surface area contributed by atoms with Crippen molar-refractivity contribution in [1.29, 1.82) is 0 Å². The van der Waals surface area contributed by atoms with Gasteiger partial charge in [0.05, 0.1) is 31.6 Å². The van der Waals surface area contributed by atoms with Crippen LogP contribution in [0.4, 0.5) is 5.69 Å². The van der Waals surface area contributed by atoms with Crippen LogP contribution in [0.3, 0.4) is 0 Å². The number of carbonyl (C=O) groups is 1. The average molecular weight is 237 g/mol. The highest BCUT2D eigenvalue weighted by atomic mass is 16.5. The number of benzene rings is 1. The van der Waals surface area contributed by atoms with E-state index in [1.807, 2.05) is 0 Å². The molecule has 1 heterocycles. The molecule has 92 valence electrons. The van der Waals surface area contributed by atoms with E-state index in [1.54, 1.807) is 19.2 Å². The third kappa shape index (κ3) is 2.34. The van der Waals surface area contributed by atoms with E-state index in [9.17, 15) is 9.90 Å². The highest BCUT2D eigenvalue weighted by Gasteiger charge is 2.17. The van der Waals surface area contributed by atoms with Crippen molar-refractivity contribution in [2.75, 3.05) is 38.3 Å². The van der Waals surface area contributed by atoms with Crippen molar-refractivity contribution >= 4 is 12.0 Å². The molecule has 0 aliphatic carbocycles. The van der Waals surface area contributed by atoms with Crippen molar-refractivity contribution in [3.05, 3.63) is 17.7 Å². The van der Waals surface area contributed by atoms with E-state index in [2.05, 4.69) is 4.90 Å². The van der Waals surface area contributed by atoms with Gasteiger partial charge in [-0.3, -0.25) is 4.79 Å². The maximum absolute atomic E-state index is 10.7. The molecule has 0 aromatic heterocycles. The molecule has 1 aliphatic heterocycles. The van der Waals surface area contributed by atoms with E-state index in [4.69, 9.17) is 9.47 Å². The van der Waals surface area contributed by atoms with Gasteiger partial charge in [-0.2, -0.15) is 0 Å². The van der Waals surface area contributed by atoms with Crippen LogP contribution in [0.1, 0.15) is 10.4 Å². The fourth-order valence-corrected chi connectivity index (χ4v) is 1.88. The second-order valence-corrected chi connectivity index (χ2v) is 3.80. The van der Waals surface area contributed by atoms with E-state index in [0.717, 1.165) is 18.8 Å². The molecular formula is C12H15NO4. The van der Waals surface area contributed by atoms with Crippen LogP contribution in [0.25, 0.3) is 0 Å². The number of hydrogen-bond donors (Lipinski definition) is 1. The summed E-state index contributed by atoms with van der Waals surface area (Å²) in [5, 5.41) is 9.70. The van der Waals surface area contributed by atoms with Gasteiger partial charge in [0.25, 0.3) is 0 Å². The molecule has 0 unspecified atom stereocenters. The van der Waals surface area contributed by atoms with E-state index >= 15 is 0 Å². The van der Waals surface area contributed by atoms with Crippen LogP contribution in [-0.4, -0.2) is 44.8 Å². The van der Waals surface area contributed by atoms with Crippen molar-refractivity contribution in [2.24, 2.45) is 0 Å². The fourth-order valence-electron chi connectivity index (χ4n) is 1.88. The first-order valence-corrected chi connectivity index (χ1v) is 5.45. The van der Waals surface area contributed by atoms with Gasteiger partial charge in [0.2, 0.25) is 0 Å². The number of aldehydes is 1. The minimum Gasteiger partial charge on any atom is -0.507 e. The first-order chi connectivity index (χ1) is 8.26. The van der Waals surface area contributed by atoms with E-state index in [0.29, 0.717) is 25.2 Å². The number of phenolic OH excluding ortho intramolecular Hbond substituents is 1. The fraction of sp³-hybridized carbons (Fsp3) is 0.417. The Morgan fingerprint density at radius 3 is 2.71 bits per heavy atom. The number of rotatable bonds is 3. The van der Waals surface area contributed by atoms with Crippen LogP contribution in [0.15, 0.2) is 12.1 Å². The second kappa shape index (κ2) is 5.05. The monoisotopic (exact) mass is 237 g/mol. The second-order valence-electron chi connectivity index (χ2n) is 3.80. The Morgan fingerprint density at radius 1 is 1.41 bits per heavy atom. The first kappa shape index (κ1) is 11.7. The summed E-state index contributed by atoms with van der Waals surface area (Å²) in [5.41, 5.74) is 1.03. The number of methoxy groups -OCH3 is 1. The molecule has 0 radical (unpaired) electrons. The molecule has 1 fully saturated rings. The number of aromatic hydroxyl groups is 1. The molecule has 0 spiro atoms. The molecular weight excluding hydrogens is 222 g/mol. The zero-order valence-electron chi connectivity index (χ0n) is 9.68. The Morgan fingerprint density at radius 2 is 2.12 bits per heavy atom. The zero-order chi connectivity index (χ0) is 12.3. The van der Waals surface area contributed by atoms with Crippen LogP contribution < -0.4 is 9.64 Å². The number of ether oxygens (including phenoxy) is 2. The lowest BCUT2D eigenvalue weighted by atomic mass is 10.1. The van der Waals surface area contributed by atoms with E-state index < -0.39 is 0 Å². The molecule has 5 heteroatoms. The van der Waals surface area contributed by atoms with E-state index in [-0.39, 0.29) is 11.3 Å². The maximum atomic E-state index is 10.7. The van der Waals surface area contributed by atoms with Crippen LogP contribution in [0.5, 0.6) is 11.5 Å². The number of nitrogens with zero attached hydrogens (tertiary/aromatic N) is 1. The molecule has 17 heavy (non-hydrogen) atoms. The molecule has 1 N–H and O–H groups in total. The van der Waals surface area contributed by atoms with Crippen molar-refractivity contribution in [3.63, 3.8) is 0 Å². The van der Waals surface area contributed by atoms with Crippen molar-refractivity contribution < 1.29 is 19.4 Å². The average Bonchev–Trinajstić information content (AvgIpc) is 2.39. The summed E-state index contributed by atoms with van der Waals surface area (Å²) < 4.78 is 10.5. The SMILES string of the molecule is COc1cc(C=O)c(O)cc1N1CCOCC1.